The lowest BCUT2D eigenvalue weighted by Gasteiger charge is -2.06. The lowest BCUT2D eigenvalue weighted by Crippen LogP contribution is -2.12. The molecule has 8 heteroatoms. The van der Waals surface area contributed by atoms with Crippen molar-refractivity contribution < 1.29 is 8.78 Å². The largest absolute Gasteiger partial charge is 0.271 e. The van der Waals surface area contributed by atoms with E-state index in [0.717, 1.165) is 6.07 Å². The fraction of sp³-hybridized carbons (Fsp3) is 0.111. The molecule has 0 aliphatic carbocycles. The van der Waals surface area contributed by atoms with Gasteiger partial charge in [0.15, 0.2) is 23.0 Å². The highest BCUT2D eigenvalue weighted by atomic mass is 79.9. The van der Waals surface area contributed by atoms with Gasteiger partial charge in [0.1, 0.15) is 0 Å². The Kier molecular flexibility index (Phi) is 5.36. The normalized spacial score (nSPS) is 11.2. The van der Waals surface area contributed by atoms with Crippen LogP contribution in [0.1, 0.15) is 0 Å². The van der Waals surface area contributed by atoms with E-state index in [-0.39, 0.29) is 19.8 Å². The summed E-state index contributed by atoms with van der Waals surface area (Å²) in [5.41, 5.74) is 0.177. The molecule has 17 heavy (non-hydrogen) atoms. The van der Waals surface area contributed by atoms with Crippen molar-refractivity contribution >= 4 is 54.5 Å². The van der Waals surface area contributed by atoms with Gasteiger partial charge in [0, 0.05) is 4.47 Å². The summed E-state index contributed by atoms with van der Waals surface area (Å²) >= 11 is 7.17. The van der Waals surface area contributed by atoms with Gasteiger partial charge in [-0.2, -0.15) is 5.26 Å². The predicted octanol–water partition coefficient (Wildman–Crippen LogP) is 3.91. The molecule has 0 fully saturated rings. The average Bonchev–Trinajstić information content (AvgIpc) is 2.30. The highest BCUT2D eigenvalue weighted by molar-refractivity contribution is 9.11. The molecule has 1 N–H and O–H groups in total. The van der Waals surface area contributed by atoms with Crippen LogP contribution < -0.4 is 5.32 Å². The maximum absolute atomic E-state index is 13.3. The predicted molar refractivity (Wildman–Crippen MR) is 71.1 cm³/mol. The Hall–Kier alpha value is -0.650. The van der Waals surface area contributed by atoms with Gasteiger partial charge < -0.3 is 0 Å². The Balaban J connectivity index is 3.33. The topological polar surface area (TPSA) is 48.2 Å². The van der Waals surface area contributed by atoms with E-state index in [1.165, 1.54) is 11.8 Å². The van der Waals surface area contributed by atoms with Crippen molar-refractivity contribution in [3.05, 3.63) is 26.6 Å². The van der Waals surface area contributed by atoms with E-state index in [0.29, 0.717) is 0 Å². The first-order chi connectivity index (χ1) is 8.01. The van der Waals surface area contributed by atoms with E-state index >= 15 is 0 Å². The molecule has 0 radical (unpaired) electrons. The second-order valence-corrected chi connectivity index (χ2v) is 5.12. The zero-order valence-corrected chi connectivity index (χ0v) is 12.4. The summed E-state index contributed by atoms with van der Waals surface area (Å²) in [6.07, 6.45) is 3.40. The number of nitrogens with zero attached hydrogens (tertiary/aromatic N) is 2. The van der Waals surface area contributed by atoms with Crippen LogP contribution in [0.5, 0.6) is 0 Å². The summed E-state index contributed by atoms with van der Waals surface area (Å²) in [6, 6.07) is 0.975. The summed E-state index contributed by atoms with van der Waals surface area (Å²) in [4.78, 5) is 4.01. The maximum Gasteiger partial charge on any atom is 0.183 e. The Bertz CT molecular complexity index is 514. The second-order valence-electron chi connectivity index (χ2n) is 2.67. The monoisotopic (exact) mass is 383 g/mol. The molecule has 1 aromatic rings. The number of aliphatic imine (C=N–C) groups is 1. The number of nitriles is 1. The minimum Gasteiger partial charge on any atom is -0.271 e. The third-order valence-electron chi connectivity index (χ3n) is 1.66. The van der Waals surface area contributed by atoms with Crippen molar-refractivity contribution in [1.82, 2.24) is 5.32 Å². The SMILES string of the molecule is CSC(=Nc1c(Br)cc(F)c(F)c1Br)NC#N. The van der Waals surface area contributed by atoms with E-state index in [4.69, 9.17) is 5.26 Å². The van der Waals surface area contributed by atoms with Crippen LogP contribution in [0.3, 0.4) is 0 Å². The maximum atomic E-state index is 13.3. The highest BCUT2D eigenvalue weighted by Gasteiger charge is 2.15. The first-order valence-corrected chi connectivity index (χ1v) is 6.93. The summed E-state index contributed by atoms with van der Waals surface area (Å²) in [7, 11) is 0. The Morgan fingerprint density at radius 1 is 1.53 bits per heavy atom. The summed E-state index contributed by atoms with van der Waals surface area (Å²) in [5.74, 6) is -2.01. The Labute approximate surface area is 118 Å². The van der Waals surface area contributed by atoms with Crippen LogP contribution in [0, 0.1) is 23.1 Å². The van der Waals surface area contributed by atoms with E-state index < -0.39 is 11.6 Å². The van der Waals surface area contributed by atoms with Crippen molar-refractivity contribution in [2.24, 2.45) is 4.99 Å². The van der Waals surface area contributed by atoms with Gasteiger partial charge in [0.05, 0.1) is 10.2 Å². The molecule has 0 unspecified atom stereocenters. The number of hydrogen-bond acceptors (Lipinski definition) is 3. The van der Waals surface area contributed by atoms with Gasteiger partial charge in [-0.15, -0.1) is 0 Å². The molecule has 0 spiro atoms. The fourth-order valence-electron chi connectivity index (χ4n) is 0.933. The van der Waals surface area contributed by atoms with Crippen molar-refractivity contribution in [2.45, 2.75) is 0 Å². The van der Waals surface area contributed by atoms with E-state index in [9.17, 15) is 8.78 Å². The van der Waals surface area contributed by atoms with Gasteiger partial charge in [-0.1, -0.05) is 11.8 Å². The quantitative estimate of drug-likeness (QED) is 0.199. The highest BCUT2D eigenvalue weighted by Crippen LogP contribution is 2.37. The molecule has 0 saturated heterocycles. The van der Waals surface area contributed by atoms with Crippen LogP contribution in [0.4, 0.5) is 14.5 Å². The van der Waals surface area contributed by atoms with Gasteiger partial charge in [-0.25, -0.2) is 13.8 Å². The first kappa shape index (κ1) is 14.4. The number of hydrogen-bond donors (Lipinski definition) is 1. The van der Waals surface area contributed by atoms with Crippen molar-refractivity contribution in [3.8, 4) is 6.19 Å². The molecule has 3 nitrogen and oxygen atoms in total. The first-order valence-electron chi connectivity index (χ1n) is 4.12. The van der Waals surface area contributed by atoms with Crippen LogP contribution in [0.25, 0.3) is 0 Å². The summed E-state index contributed by atoms with van der Waals surface area (Å²) < 4.78 is 26.5. The lowest BCUT2D eigenvalue weighted by atomic mass is 10.3. The lowest BCUT2D eigenvalue weighted by molar-refractivity contribution is 0.504. The minimum atomic E-state index is -1.02. The average molecular weight is 385 g/mol. The third-order valence-corrected chi connectivity index (χ3v) is 3.57. The van der Waals surface area contributed by atoms with Crippen LogP contribution in [0.2, 0.25) is 0 Å². The van der Waals surface area contributed by atoms with Gasteiger partial charge in [-0.05, 0) is 44.2 Å². The fourth-order valence-corrected chi connectivity index (χ4v) is 2.51. The van der Waals surface area contributed by atoms with Crippen LogP contribution in [-0.2, 0) is 0 Å². The molecule has 1 aromatic carbocycles. The van der Waals surface area contributed by atoms with E-state index in [1.54, 1.807) is 12.4 Å². The van der Waals surface area contributed by atoms with Crippen molar-refractivity contribution in [3.63, 3.8) is 0 Å². The minimum absolute atomic E-state index is 0.101. The molecule has 0 aliphatic rings. The molecule has 0 aromatic heterocycles. The van der Waals surface area contributed by atoms with Gasteiger partial charge in [-0.3, -0.25) is 5.32 Å². The van der Waals surface area contributed by atoms with Gasteiger partial charge in [0.2, 0.25) is 0 Å². The molecule has 90 valence electrons. The van der Waals surface area contributed by atoms with Crippen LogP contribution >= 0.6 is 43.6 Å². The number of benzene rings is 1. The molecule has 0 atom stereocenters. The number of rotatable bonds is 1. The number of thioether (sulfide) groups is 1. The molecular weight excluding hydrogens is 380 g/mol. The Morgan fingerprint density at radius 2 is 2.18 bits per heavy atom. The molecule has 1 rings (SSSR count). The van der Waals surface area contributed by atoms with Crippen LogP contribution in [-0.4, -0.2) is 11.4 Å². The zero-order valence-electron chi connectivity index (χ0n) is 8.39. The third kappa shape index (κ3) is 3.40. The van der Waals surface area contributed by atoms with Crippen molar-refractivity contribution in [1.29, 1.82) is 5.26 Å². The zero-order chi connectivity index (χ0) is 13.0. The standard InChI is InChI=1S/C9H5Br2F2N3S/c1-17-9(15-3-14)16-8-4(10)2-5(12)7(13)6(8)11/h2H,1H3,(H,15,16). The van der Waals surface area contributed by atoms with E-state index in [2.05, 4.69) is 42.2 Å². The molecule has 0 amide bonds. The molecule has 0 heterocycles. The summed E-state index contributed by atoms with van der Waals surface area (Å²) in [6.45, 7) is 0. The molecular formula is C9H5Br2F2N3S. The molecule has 0 bridgehead atoms. The van der Waals surface area contributed by atoms with Gasteiger partial charge in [0.25, 0.3) is 0 Å². The molecule has 0 saturated carbocycles. The number of nitrogens with one attached hydrogen (secondary N) is 1. The van der Waals surface area contributed by atoms with Crippen LogP contribution in [0.15, 0.2) is 20.0 Å². The van der Waals surface area contributed by atoms with E-state index in [1.807, 2.05) is 0 Å². The molecule has 0 aliphatic heterocycles. The van der Waals surface area contributed by atoms with Crippen molar-refractivity contribution in [2.75, 3.05) is 6.26 Å². The summed E-state index contributed by atoms with van der Waals surface area (Å²) in [5, 5.41) is 11.1. The number of halogens is 4. The Morgan fingerprint density at radius 3 is 2.71 bits per heavy atom. The van der Waals surface area contributed by atoms with Gasteiger partial charge >= 0.3 is 0 Å². The number of amidine groups is 1. The second kappa shape index (κ2) is 6.33. The smallest absolute Gasteiger partial charge is 0.183 e.